The van der Waals surface area contributed by atoms with Crippen LogP contribution in [0.2, 0.25) is 0 Å². The molecule has 94 valence electrons. The van der Waals surface area contributed by atoms with E-state index in [2.05, 4.69) is 68.4 Å². The smallest absolute Gasteiger partial charge is 0.0610 e. The summed E-state index contributed by atoms with van der Waals surface area (Å²) >= 11 is 4.53. The summed E-state index contributed by atoms with van der Waals surface area (Å²) in [6.07, 6.45) is 0. The molecule has 0 spiro atoms. The number of anilines is 2. The molecule has 1 aliphatic heterocycles. The Bertz CT molecular complexity index is 401. The zero-order valence-electron chi connectivity index (χ0n) is 11.1. The van der Waals surface area contributed by atoms with Gasteiger partial charge in [-0.15, -0.1) is 0 Å². The van der Waals surface area contributed by atoms with Gasteiger partial charge in [-0.25, -0.2) is 0 Å². The zero-order valence-corrected chi connectivity index (χ0v) is 12.0. The quantitative estimate of drug-likeness (QED) is 0.804. The number of hydrogen-bond donors (Lipinski definition) is 1. The highest BCUT2D eigenvalue weighted by Gasteiger charge is 2.22. The molecule has 0 saturated carbocycles. The van der Waals surface area contributed by atoms with Gasteiger partial charge in [0, 0.05) is 31.4 Å². The monoisotopic (exact) mass is 250 g/mol. The van der Waals surface area contributed by atoms with E-state index in [-0.39, 0.29) is 0 Å². The van der Waals surface area contributed by atoms with Crippen LogP contribution in [0, 0.1) is 0 Å². The third kappa shape index (κ3) is 2.39. The molecule has 0 radical (unpaired) electrons. The van der Waals surface area contributed by atoms with Crippen molar-refractivity contribution in [3.63, 3.8) is 0 Å². The molecule has 0 saturated heterocycles. The molecule has 0 aromatic heterocycles. The van der Waals surface area contributed by atoms with Crippen molar-refractivity contribution in [2.24, 2.45) is 0 Å². The molecule has 1 aromatic rings. The van der Waals surface area contributed by atoms with Crippen LogP contribution in [0.5, 0.6) is 0 Å². The molecule has 17 heavy (non-hydrogen) atoms. The van der Waals surface area contributed by atoms with Gasteiger partial charge in [-0.1, -0.05) is 6.07 Å². The maximum Gasteiger partial charge on any atom is 0.0610 e. The molecule has 1 aromatic carbocycles. The van der Waals surface area contributed by atoms with Crippen LogP contribution in [0.15, 0.2) is 18.2 Å². The molecule has 0 bridgehead atoms. The van der Waals surface area contributed by atoms with Crippen LogP contribution >= 0.6 is 12.6 Å². The van der Waals surface area contributed by atoms with Crippen molar-refractivity contribution in [1.29, 1.82) is 0 Å². The van der Waals surface area contributed by atoms with Gasteiger partial charge in [0.25, 0.3) is 0 Å². The Hall–Kier alpha value is -0.830. The van der Waals surface area contributed by atoms with E-state index in [1.807, 2.05) is 0 Å². The van der Waals surface area contributed by atoms with E-state index in [0.717, 1.165) is 13.1 Å². The molecule has 0 N–H and O–H groups in total. The molecule has 2 rings (SSSR count). The maximum atomic E-state index is 4.53. The van der Waals surface area contributed by atoms with Crippen LogP contribution in [0.3, 0.4) is 0 Å². The molecule has 0 amide bonds. The summed E-state index contributed by atoms with van der Waals surface area (Å²) in [4.78, 5) is 4.82. The number of likely N-dealkylation sites (N-methyl/N-ethyl adjacent to an activating group) is 1. The van der Waals surface area contributed by atoms with Crippen LogP contribution in [0.4, 0.5) is 11.4 Å². The van der Waals surface area contributed by atoms with Crippen molar-refractivity contribution < 1.29 is 0 Å². The fourth-order valence-electron chi connectivity index (χ4n) is 2.39. The van der Waals surface area contributed by atoms with Gasteiger partial charge in [0.15, 0.2) is 0 Å². The van der Waals surface area contributed by atoms with Gasteiger partial charge in [0.05, 0.1) is 11.4 Å². The zero-order chi connectivity index (χ0) is 12.6. The van der Waals surface area contributed by atoms with E-state index in [4.69, 9.17) is 0 Å². The Labute approximate surface area is 110 Å². The number of hydrogen-bond acceptors (Lipinski definition) is 3. The fourth-order valence-corrected chi connectivity index (χ4v) is 2.55. The standard InChI is InChI=1S/C14H22N2S/c1-10(2)16-8-7-15(4)13-6-5-12(11(3)17)9-14(13)16/h5-6,9-11,17H,7-8H2,1-4H3. The molecule has 1 unspecified atom stereocenters. The van der Waals surface area contributed by atoms with Crippen LogP contribution in [-0.4, -0.2) is 26.2 Å². The van der Waals surface area contributed by atoms with Crippen LogP contribution < -0.4 is 9.80 Å². The Morgan fingerprint density at radius 2 is 1.82 bits per heavy atom. The highest BCUT2D eigenvalue weighted by atomic mass is 32.1. The predicted octanol–water partition coefficient (Wildman–Crippen LogP) is 3.34. The largest absolute Gasteiger partial charge is 0.371 e. The SMILES string of the molecule is CC(S)c1ccc2c(c1)N(C(C)C)CCN2C. The topological polar surface area (TPSA) is 6.48 Å². The first-order chi connectivity index (χ1) is 8.00. The van der Waals surface area contributed by atoms with E-state index in [0.29, 0.717) is 11.3 Å². The van der Waals surface area contributed by atoms with Crippen molar-refractivity contribution in [2.45, 2.75) is 32.1 Å². The van der Waals surface area contributed by atoms with Crippen molar-refractivity contribution in [1.82, 2.24) is 0 Å². The average molecular weight is 250 g/mol. The van der Waals surface area contributed by atoms with Gasteiger partial charge in [-0.05, 0) is 38.5 Å². The van der Waals surface area contributed by atoms with Gasteiger partial charge in [0.1, 0.15) is 0 Å². The summed E-state index contributed by atoms with van der Waals surface area (Å²) in [5, 5.41) is 0.293. The van der Waals surface area contributed by atoms with Crippen LogP contribution in [-0.2, 0) is 0 Å². The summed E-state index contributed by atoms with van der Waals surface area (Å²) in [5.74, 6) is 0. The van der Waals surface area contributed by atoms with E-state index in [1.165, 1.54) is 16.9 Å². The lowest BCUT2D eigenvalue weighted by atomic mass is 10.1. The second-order valence-corrected chi connectivity index (χ2v) is 5.91. The molecule has 1 aliphatic rings. The summed E-state index contributed by atoms with van der Waals surface area (Å²) in [6.45, 7) is 8.83. The molecular weight excluding hydrogens is 228 g/mol. The minimum absolute atomic E-state index is 0.293. The third-order valence-electron chi connectivity index (χ3n) is 3.50. The summed E-state index contributed by atoms with van der Waals surface area (Å²) in [7, 11) is 2.17. The molecule has 3 heteroatoms. The fraction of sp³-hybridized carbons (Fsp3) is 0.571. The van der Waals surface area contributed by atoms with Crippen molar-refractivity contribution >= 4 is 24.0 Å². The molecule has 2 nitrogen and oxygen atoms in total. The maximum absolute atomic E-state index is 4.53. The first kappa shape index (κ1) is 12.6. The Morgan fingerprint density at radius 1 is 1.12 bits per heavy atom. The number of rotatable bonds is 2. The minimum Gasteiger partial charge on any atom is -0.371 e. The Kier molecular flexibility index (Phi) is 3.57. The van der Waals surface area contributed by atoms with E-state index >= 15 is 0 Å². The molecule has 1 heterocycles. The second-order valence-electron chi connectivity index (χ2n) is 5.13. The lowest BCUT2D eigenvalue weighted by molar-refractivity contribution is 0.655. The highest BCUT2D eigenvalue weighted by Crippen LogP contribution is 2.36. The van der Waals surface area contributed by atoms with E-state index in [9.17, 15) is 0 Å². The molecular formula is C14H22N2S. The number of thiol groups is 1. The minimum atomic E-state index is 0.293. The summed E-state index contributed by atoms with van der Waals surface area (Å²) in [5.41, 5.74) is 3.99. The van der Waals surface area contributed by atoms with Crippen molar-refractivity contribution in [3.8, 4) is 0 Å². The van der Waals surface area contributed by atoms with Crippen LogP contribution in [0.1, 0.15) is 31.6 Å². The number of nitrogens with zero attached hydrogens (tertiary/aromatic N) is 2. The lowest BCUT2D eigenvalue weighted by Crippen LogP contribution is -2.42. The molecule has 0 fully saturated rings. The molecule has 0 aliphatic carbocycles. The van der Waals surface area contributed by atoms with Gasteiger partial charge < -0.3 is 9.80 Å². The first-order valence-electron chi connectivity index (χ1n) is 6.30. The van der Waals surface area contributed by atoms with Crippen LogP contribution in [0.25, 0.3) is 0 Å². The normalized spacial score (nSPS) is 17.3. The number of benzene rings is 1. The summed E-state index contributed by atoms with van der Waals surface area (Å²) in [6, 6.07) is 7.26. The Balaban J connectivity index is 2.46. The lowest BCUT2D eigenvalue weighted by Gasteiger charge is -2.39. The summed E-state index contributed by atoms with van der Waals surface area (Å²) < 4.78 is 0. The number of fused-ring (bicyclic) bond motifs is 1. The van der Waals surface area contributed by atoms with Crippen molar-refractivity contribution in [2.75, 3.05) is 29.9 Å². The highest BCUT2D eigenvalue weighted by molar-refractivity contribution is 7.80. The average Bonchev–Trinajstić information content (AvgIpc) is 2.28. The van der Waals surface area contributed by atoms with E-state index in [1.54, 1.807) is 0 Å². The van der Waals surface area contributed by atoms with E-state index < -0.39 is 0 Å². The van der Waals surface area contributed by atoms with Gasteiger partial charge in [0.2, 0.25) is 0 Å². The first-order valence-corrected chi connectivity index (χ1v) is 6.82. The van der Waals surface area contributed by atoms with Gasteiger partial charge in [-0.2, -0.15) is 12.6 Å². The second kappa shape index (κ2) is 4.81. The van der Waals surface area contributed by atoms with Gasteiger partial charge in [-0.3, -0.25) is 0 Å². The van der Waals surface area contributed by atoms with Gasteiger partial charge >= 0.3 is 0 Å². The third-order valence-corrected chi connectivity index (χ3v) is 3.80. The van der Waals surface area contributed by atoms with Crippen molar-refractivity contribution in [3.05, 3.63) is 23.8 Å². The Morgan fingerprint density at radius 3 is 2.41 bits per heavy atom. The predicted molar refractivity (Wildman–Crippen MR) is 79.6 cm³/mol. The molecule has 1 atom stereocenters.